The van der Waals surface area contributed by atoms with Crippen molar-refractivity contribution in [2.24, 2.45) is 57.7 Å². The monoisotopic (exact) mass is 746 g/mol. The molecule has 3 N–H and O–H groups in total. The van der Waals surface area contributed by atoms with Gasteiger partial charge in [-0.3, -0.25) is 14.9 Å². The van der Waals surface area contributed by atoms with E-state index in [9.17, 15) is 24.6 Å². The molecule has 4 saturated carbocycles. The van der Waals surface area contributed by atoms with Crippen molar-refractivity contribution >= 4 is 17.7 Å². The molecule has 0 radical (unpaired) electrons. The Morgan fingerprint density at radius 2 is 1.83 bits per heavy atom. The van der Waals surface area contributed by atoms with Crippen LogP contribution in [0, 0.1) is 57.7 Å². The Hall–Kier alpha value is -2.77. The summed E-state index contributed by atoms with van der Waals surface area (Å²) in [6, 6.07) is 2.44. The van der Waals surface area contributed by atoms with Crippen LogP contribution in [0.3, 0.4) is 0 Å². The van der Waals surface area contributed by atoms with Crippen LogP contribution in [0.2, 0.25) is 0 Å². The van der Waals surface area contributed by atoms with Crippen molar-refractivity contribution in [3.8, 4) is 0 Å². The second kappa shape index (κ2) is 11.0. The minimum Gasteiger partial charge on any atom is -0.469 e. The third-order valence-electron chi connectivity index (χ3n) is 17.6. The molecular weight excluding hydrogens is 692 g/mol. The molecule has 4 aliphatic carbocycles. The molecule has 1 aromatic heterocycles. The molecule has 17 atom stereocenters. The zero-order chi connectivity index (χ0) is 37.3. The minimum absolute atomic E-state index is 0.00690. The number of aliphatic hydroxyl groups excluding tert-OH is 2. The van der Waals surface area contributed by atoms with Gasteiger partial charge in [0, 0.05) is 40.8 Å². The maximum atomic E-state index is 14.6. The second-order valence-electron chi connectivity index (χ2n) is 19.8. The van der Waals surface area contributed by atoms with Gasteiger partial charge in [0.25, 0.3) is 0 Å². The molecule has 1 aromatic rings. The van der Waals surface area contributed by atoms with Gasteiger partial charge in [0.2, 0.25) is 0 Å². The van der Waals surface area contributed by atoms with E-state index in [1.54, 1.807) is 6.26 Å². The Kier molecular flexibility index (Phi) is 7.02. The van der Waals surface area contributed by atoms with Gasteiger partial charge < -0.3 is 38.5 Å². The molecule has 12 nitrogen and oxygen atoms in total. The standard InChI is InChI=1S/C42H54N2O10/c1-38(2)33-32(47)34(48)40(4)29(41(33)18-51-31(46)16-30(41)53-38)7-10-39(3)35(52-37(49)36-42(39,40)54-36)22-9-12-50-28(22)15-25-23-13-21-8-11-44-19-43-17-26(44)24(21)14-20(23)5-6-27(25)45/h8-9,11-12,20-21,23-27,29-30,33-36,43,45,48H,5-7,10,13-19H2,1-4H3. The maximum absolute atomic E-state index is 14.6. The van der Waals surface area contributed by atoms with Crippen molar-refractivity contribution in [1.82, 2.24) is 10.2 Å². The number of fused-ring (bicyclic) bond motifs is 5. The number of ketones is 1. The molecule has 0 amide bonds. The quantitative estimate of drug-likeness (QED) is 0.306. The first-order valence-electron chi connectivity index (χ1n) is 20.6. The number of ether oxygens (including phenoxy) is 4. The number of carbonyl (C=O) groups excluding carboxylic acids is 3. The molecule has 54 heavy (non-hydrogen) atoms. The molecular formula is C42H54N2O10. The average molecular weight is 747 g/mol. The van der Waals surface area contributed by atoms with Crippen LogP contribution in [0.25, 0.3) is 0 Å². The van der Waals surface area contributed by atoms with Crippen molar-refractivity contribution in [1.29, 1.82) is 0 Å². The first-order valence-corrected chi connectivity index (χ1v) is 20.6. The Morgan fingerprint density at radius 1 is 1.00 bits per heavy atom. The van der Waals surface area contributed by atoms with Crippen LogP contribution in [-0.2, 0) is 39.8 Å². The number of epoxide rings is 1. The molecule has 11 rings (SSSR count). The summed E-state index contributed by atoms with van der Waals surface area (Å²) in [5, 5.41) is 27.5. The summed E-state index contributed by atoms with van der Waals surface area (Å²) in [4.78, 5) is 43.8. The summed E-state index contributed by atoms with van der Waals surface area (Å²) in [5.41, 5.74) is -4.24. The van der Waals surface area contributed by atoms with Crippen molar-refractivity contribution in [3.05, 3.63) is 35.9 Å². The fourth-order valence-electron chi connectivity index (χ4n) is 15.5. The van der Waals surface area contributed by atoms with Gasteiger partial charge in [0.15, 0.2) is 11.9 Å². The number of cyclic esters (lactones) is 2. The van der Waals surface area contributed by atoms with Crippen LogP contribution < -0.4 is 5.32 Å². The average Bonchev–Trinajstić information content (AvgIpc) is 3.38. The van der Waals surface area contributed by atoms with Crippen LogP contribution in [0.4, 0.5) is 0 Å². The molecule has 292 valence electrons. The Bertz CT molecular complexity index is 1840. The summed E-state index contributed by atoms with van der Waals surface area (Å²) in [6.45, 7) is 9.71. The van der Waals surface area contributed by atoms with E-state index in [2.05, 4.69) is 29.4 Å². The van der Waals surface area contributed by atoms with E-state index in [4.69, 9.17) is 23.4 Å². The Balaban J connectivity index is 0.939. The first kappa shape index (κ1) is 34.5. The third-order valence-corrected chi connectivity index (χ3v) is 17.6. The number of nitrogens with one attached hydrogen (secondary N) is 1. The summed E-state index contributed by atoms with van der Waals surface area (Å²) in [6.07, 6.45) is 7.98. The fraction of sp³-hybridized carbons (Fsp3) is 0.786. The van der Waals surface area contributed by atoms with E-state index >= 15 is 0 Å². The number of esters is 2. The van der Waals surface area contributed by atoms with Crippen molar-refractivity contribution < 1.29 is 48.0 Å². The van der Waals surface area contributed by atoms with Gasteiger partial charge in [-0.15, -0.1) is 0 Å². The van der Waals surface area contributed by atoms with Gasteiger partial charge in [0.05, 0.1) is 43.1 Å². The molecule has 2 spiro atoms. The predicted octanol–water partition coefficient (Wildman–Crippen LogP) is 3.44. The summed E-state index contributed by atoms with van der Waals surface area (Å²) >= 11 is 0. The van der Waals surface area contributed by atoms with E-state index in [0.717, 1.165) is 43.8 Å². The summed E-state index contributed by atoms with van der Waals surface area (Å²) in [7, 11) is 0. The lowest BCUT2D eigenvalue weighted by Crippen LogP contribution is -2.76. The van der Waals surface area contributed by atoms with E-state index < -0.39 is 69.9 Å². The number of furan rings is 1. The highest BCUT2D eigenvalue weighted by molar-refractivity contribution is 5.92. The van der Waals surface area contributed by atoms with Gasteiger partial charge >= 0.3 is 11.9 Å². The second-order valence-corrected chi connectivity index (χ2v) is 19.8. The summed E-state index contributed by atoms with van der Waals surface area (Å²) in [5.74, 6) is 0.514. The van der Waals surface area contributed by atoms with Gasteiger partial charge in [-0.1, -0.05) is 19.9 Å². The zero-order valence-corrected chi connectivity index (χ0v) is 31.7. The third kappa shape index (κ3) is 4.00. The molecule has 6 aliphatic heterocycles. The molecule has 17 unspecified atom stereocenters. The lowest BCUT2D eigenvalue weighted by atomic mass is 9.36. The molecule has 0 bridgehead atoms. The van der Waals surface area contributed by atoms with Crippen molar-refractivity contribution in [3.63, 3.8) is 0 Å². The van der Waals surface area contributed by atoms with Gasteiger partial charge in [0.1, 0.15) is 30.2 Å². The SMILES string of the molecule is CC1(C)OC2CC(=O)OCC23C1C(=O)C(O)C1(C)C3CCC2(C)C(c3ccoc3CC3C(O)CCC4CC5C(C=CN6CNCC56)CC43)OC(=O)C3OC321. The number of allylic oxidation sites excluding steroid dienone is 1. The highest BCUT2D eigenvalue weighted by atomic mass is 16.7. The van der Waals surface area contributed by atoms with Gasteiger partial charge in [-0.05, 0) is 100 Å². The molecule has 5 saturated heterocycles. The number of aliphatic hydroxyl groups is 2. The van der Waals surface area contributed by atoms with Crippen LogP contribution in [0.15, 0.2) is 29.0 Å². The van der Waals surface area contributed by atoms with E-state index in [-0.39, 0.29) is 36.6 Å². The largest absolute Gasteiger partial charge is 0.469 e. The van der Waals surface area contributed by atoms with E-state index in [1.807, 2.05) is 26.8 Å². The number of hydrogen-bond donors (Lipinski definition) is 3. The lowest BCUT2D eigenvalue weighted by Gasteiger charge is -2.66. The number of carbonyl (C=O) groups is 3. The topological polar surface area (TPSA) is 160 Å². The number of rotatable bonds is 3. The van der Waals surface area contributed by atoms with Crippen LogP contribution >= 0.6 is 0 Å². The predicted molar refractivity (Wildman–Crippen MR) is 189 cm³/mol. The first-order chi connectivity index (χ1) is 25.8. The zero-order valence-electron chi connectivity index (χ0n) is 31.7. The molecule has 9 fully saturated rings. The smallest absolute Gasteiger partial charge is 0.339 e. The molecule has 0 aromatic carbocycles. The lowest BCUT2D eigenvalue weighted by molar-refractivity contribution is -0.252. The van der Waals surface area contributed by atoms with Crippen LogP contribution in [-0.4, -0.2) is 94.3 Å². The Labute approximate surface area is 315 Å². The number of hydrogen-bond acceptors (Lipinski definition) is 12. The Morgan fingerprint density at radius 3 is 2.67 bits per heavy atom. The highest BCUT2D eigenvalue weighted by Crippen LogP contribution is 2.80. The minimum atomic E-state index is -1.43. The number of Topliss-reactive ketones (excluding diaryl/α,β-unsaturated/α-hetero) is 1. The van der Waals surface area contributed by atoms with Gasteiger partial charge in [-0.2, -0.15) is 0 Å². The van der Waals surface area contributed by atoms with E-state index in [0.29, 0.717) is 49.0 Å². The highest BCUT2D eigenvalue weighted by Gasteiger charge is 2.90. The molecule has 10 aliphatic rings. The normalized spacial score (nSPS) is 53.4. The van der Waals surface area contributed by atoms with Crippen LogP contribution in [0.5, 0.6) is 0 Å². The van der Waals surface area contributed by atoms with Crippen molar-refractivity contribution in [2.75, 3.05) is 19.8 Å². The summed E-state index contributed by atoms with van der Waals surface area (Å²) < 4.78 is 31.7. The number of nitrogens with zero attached hydrogens (tertiary/aromatic N) is 1. The van der Waals surface area contributed by atoms with Gasteiger partial charge in [-0.25, -0.2) is 4.79 Å². The fourth-order valence-corrected chi connectivity index (χ4v) is 15.5. The van der Waals surface area contributed by atoms with Crippen molar-refractivity contribution in [2.45, 2.75) is 127 Å². The van der Waals surface area contributed by atoms with Crippen LogP contribution in [0.1, 0.15) is 90.1 Å². The molecule has 12 heteroatoms. The maximum Gasteiger partial charge on any atom is 0.339 e. The van der Waals surface area contributed by atoms with E-state index in [1.165, 1.54) is 6.42 Å². The molecule has 7 heterocycles.